The van der Waals surface area contributed by atoms with Crippen molar-refractivity contribution in [2.75, 3.05) is 36.2 Å². The summed E-state index contributed by atoms with van der Waals surface area (Å²) in [6.07, 6.45) is 4.19. The molecule has 2 N–H and O–H groups in total. The van der Waals surface area contributed by atoms with Crippen LogP contribution in [0.3, 0.4) is 0 Å². The van der Waals surface area contributed by atoms with Gasteiger partial charge in [-0.25, -0.2) is 9.37 Å². The number of hydrogen-bond acceptors (Lipinski definition) is 5. The van der Waals surface area contributed by atoms with Gasteiger partial charge >= 0.3 is 0 Å². The molecule has 0 spiro atoms. The maximum atomic E-state index is 13.2. The highest BCUT2D eigenvalue weighted by molar-refractivity contribution is 7.98. The maximum Gasteiger partial charge on any atom is 0.224 e. The van der Waals surface area contributed by atoms with Gasteiger partial charge in [-0.05, 0) is 18.4 Å². The molecule has 6 heteroatoms. The van der Waals surface area contributed by atoms with Crippen molar-refractivity contribution in [2.45, 2.75) is 6.42 Å². The summed E-state index contributed by atoms with van der Waals surface area (Å²) < 4.78 is 13.2. The molecule has 84 valence electrons. The van der Waals surface area contributed by atoms with E-state index in [0.29, 0.717) is 5.95 Å². The average Bonchev–Trinajstić information content (AvgIpc) is 2.26. The lowest BCUT2D eigenvalue weighted by atomic mass is 10.4. The van der Waals surface area contributed by atoms with Crippen molar-refractivity contribution in [2.24, 2.45) is 0 Å². The van der Waals surface area contributed by atoms with Gasteiger partial charge in [-0.3, -0.25) is 0 Å². The largest absolute Gasteiger partial charge is 0.367 e. The number of thioether (sulfide) groups is 1. The second-order valence-electron chi connectivity index (χ2n) is 2.91. The van der Waals surface area contributed by atoms with Crippen molar-refractivity contribution >= 4 is 23.5 Å². The number of nitrogens with zero attached hydrogens (tertiary/aromatic N) is 2. The van der Waals surface area contributed by atoms with Crippen LogP contribution in [0.1, 0.15) is 6.42 Å². The molecule has 0 unspecified atom stereocenters. The lowest BCUT2D eigenvalue weighted by Crippen LogP contribution is -2.08. The Morgan fingerprint density at radius 1 is 1.53 bits per heavy atom. The van der Waals surface area contributed by atoms with E-state index in [9.17, 15) is 4.39 Å². The molecule has 1 aromatic heterocycles. The molecule has 0 bridgehead atoms. The molecule has 0 aliphatic heterocycles. The zero-order valence-electron chi connectivity index (χ0n) is 8.88. The first kappa shape index (κ1) is 12.0. The van der Waals surface area contributed by atoms with Crippen molar-refractivity contribution in [3.8, 4) is 0 Å². The van der Waals surface area contributed by atoms with Gasteiger partial charge in [-0.15, -0.1) is 0 Å². The average molecular weight is 230 g/mol. The molecule has 0 amide bonds. The Morgan fingerprint density at radius 2 is 2.33 bits per heavy atom. The zero-order chi connectivity index (χ0) is 11.1. The molecule has 1 aromatic rings. The third-order valence-electron chi connectivity index (χ3n) is 1.79. The minimum absolute atomic E-state index is 0.260. The summed E-state index contributed by atoms with van der Waals surface area (Å²) >= 11 is 1.77. The molecule has 0 atom stereocenters. The Bertz CT molecular complexity index is 308. The van der Waals surface area contributed by atoms with Gasteiger partial charge in [0.15, 0.2) is 11.6 Å². The SMILES string of the molecule is CNc1ncc(F)c(NCCCSC)n1. The third kappa shape index (κ3) is 3.91. The smallest absolute Gasteiger partial charge is 0.224 e. The van der Waals surface area contributed by atoms with Crippen LogP contribution in [0, 0.1) is 5.82 Å². The summed E-state index contributed by atoms with van der Waals surface area (Å²) in [4.78, 5) is 7.73. The van der Waals surface area contributed by atoms with Gasteiger partial charge < -0.3 is 10.6 Å². The maximum absolute atomic E-state index is 13.2. The Hall–Kier alpha value is -1.04. The van der Waals surface area contributed by atoms with Crippen molar-refractivity contribution in [1.82, 2.24) is 9.97 Å². The molecule has 0 saturated heterocycles. The van der Waals surface area contributed by atoms with Crippen molar-refractivity contribution in [3.05, 3.63) is 12.0 Å². The first-order valence-electron chi connectivity index (χ1n) is 4.71. The zero-order valence-corrected chi connectivity index (χ0v) is 9.70. The number of aromatic nitrogens is 2. The van der Waals surface area contributed by atoms with Crippen molar-refractivity contribution in [1.29, 1.82) is 0 Å². The first-order valence-corrected chi connectivity index (χ1v) is 6.10. The van der Waals surface area contributed by atoms with Gasteiger partial charge in [0.1, 0.15) is 0 Å². The van der Waals surface area contributed by atoms with E-state index in [1.807, 2.05) is 6.26 Å². The Labute approximate surface area is 93.1 Å². The van der Waals surface area contributed by atoms with Gasteiger partial charge in [0, 0.05) is 13.6 Å². The molecule has 1 heterocycles. The van der Waals surface area contributed by atoms with E-state index in [0.717, 1.165) is 24.9 Å². The Balaban J connectivity index is 2.51. The van der Waals surface area contributed by atoms with Crippen LogP contribution < -0.4 is 10.6 Å². The monoisotopic (exact) mass is 230 g/mol. The van der Waals surface area contributed by atoms with Crippen LogP contribution in [0.2, 0.25) is 0 Å². The molecule has 4 nitrogen and oxygen atoms in total. The lowest BCUT2D eigenvalue weighted by Gasteiger charge is -2.07. The number of nitrogens with one attached hydrogen (secondary N) is 2. The standard InChI is InChI=1S/C9H15FN4S/c1-11-9-13-6-7(10)8(14-9)12-4-3-5-15-2/h6H,3-5H2,1-2H3,(H2,11,12,13,14). The highest BCUT2D eigenvalue weighted by Crippen LogP contribution is 2.11. The van der Waals surface area contributed by atoms with E-state index in [-0.39, 0.29) is 5.82 Å². The minimum Gasteiger partial charge on any atom is -0.367 e. The summed E-state index contributed by atoms with van der Waals surface area (Å²) in [7, 11) is 1.70. The fourth-order valence-corrected chi connectivity index (χ4v) is 1.47. The van der Waals surface area contributed by atoms with E-state index >= 15 is 0 Å². The van der Waals surface area contributed by atoms with E-state index in [4.69, 9.17) is 0 Å². The van der Waals surface area contributed by atoms with Crippen molar-refractivity contribution < 1.29 is 4.39 Å². The molecular weight excluding hydrogens is 215 g/mol. The van der Waals surface area contributed by atoms with Crippen LogP contribution in [-0.4, -0.2) is 35.6 Å². The Kier molecular flexibility index (Phi) is 5.17. The molecule has 15 heavy (non-hydrogen) atoms. The van der Waals surface area contributed by atoms with Gasteiger partial charge in [0.05, 0.1) is 6.20 Å². The van der Waals surface area contributed by atoms with Crippen LogP contribution >= 0.6 is 11.8 Å². The lowest BCUT2D eigenvalue weighted by molar-refractivity contribution is 0.617. The van der Waals surface area contributed by atoms with Crippen LogP contribution in [0.15, 0.2) is 6.20 Å². The van der Waals surface area contributed by atoms with Crippen LogP contribution in [0.4, 0.5) is 16.2 Å². The van der Waals surface area contributed by atoms with E-state index in [2.05, 4.69) is 20.6 Å². The van der Waals surface area contributed by atoms with Crippen LogP contribution in [0.25, 0.3) is 0 Å². The summed E-state index contributed by atoms with van der Waals surface area (Å²) in [5.74, 6) is 1.32. The fourth-order valence-electron chi connectivity index (χ4n) is 1.03. The third-order valence-corrected chi connectivity index (χ3v) is 2.48. The van der Waals surface area contributed by atoms with E-state index in [1.165, 1.54) is 0 Å². The van der Waals surface area contributed by atoms with E-state index in [1.54, 1.807) is 18.8 Å². The molecule has 0 fully saturated rings. The number of rotatable bonds is 6. The summed E-state index contributed by atoms with van der Waals surface area (Å²) in [5.41, 5.74) is 0. The quantitative estimate of drug-likeness (QED) is 0.730. The molecule has 1 rings (SSSR count). The molecule has 0 saturated carbocycles. The topological polar surface area (TPSA) is 49.8 Å². The van der Waals surface area contributed by atoms with Crippen molar-refractivity contribution in [3.63, 3.8) is 0 Å². The van der Waals surface area contributed by atoms with Gasteiger partial charge in [0.25, 0.3) is 0 Å². The molecular formula is C9H15FN4S. The second kappa shape index (κ2) is 6.44. The van der Waals surface area contributed by atoms with Gasteiger partial charge in [0.2, 0.25) is 5.95 Å². The number of hydrogen-bond donors (Lipinski definition) is 2. The highest BCUT2D eigenvalue weighted by Gasteiger charge is 2.04. The molecule has 0 radical (unpaired) electrons. The summed E-state index contributed by atoms with van der Waals surface area (Å²) in [6, 6.07) is 0. The highest BCUT2D eigenvalue weighted by atomic mass is 32.2. The van der Waals surface area contributed by atoms with Gasteiger partial charge in [-0.1, -0.05) is 0 Å². The Morgan fingerprint density at radius 3 is 3.00 bits per heavy atom. The molecule has 0 aliphatic rings. The van der Waals surface area contributed by atoms with Crippen LogP contribution in [-0.2, 0) is 0 Å². The van der Waals surface area contributed by atoms with E-state index < -0.39 is 5.82 Å². The predicted molar refractivity (Wildman–Crippen MR) is 63.0 cm³/mol. The summed E-state index contributed by atoms with van der Waals surface area (Å²) in [5, 5.41) is 5.71. The normalized spacial score (nSPS) is 10.1. The number of anilines is 2. The fraction of sp³-hybridized carbons (Fsp3) is 0.556. The molecule has 0 aliphatic carbocycles. The first-order chi connectivity index (χ1) is 7.27. The minimum atomic E-state index is -0.418. The second-order valence-corrected chi connectivity index (χ2v) is 3.90. The van der Waals surface area contributed by atoms with Crippen LogP contribution in [0.5, 0.6) is 0 Å². The summed E-state index contributed by atoms with van der Waals surface area (Å²) in [6.45, 7) is 0.720. The van der Waals surface area contributed by atoms with Gasteiger partial charge in [-0.2, -0.15) is 16.7 Å². The molecule has 0 aromatic carbocycles. The number of halogens is 1. The predicted octanol–water partition coefficient (Wildman–Crippen LogP) is 1.82.